The Bertz CT molecular complexity index is 998. The van der Waals surface area contributed by atoms with Gasteiger partial charge in [-0.2, -0.15) is 18.3 Å². The average Bonchev–Trinajstić information content (AvgIpc) is 3.13. The number of nitrogens with one attached hydrogen (secondary N) is 1. The summed E-state index contributed by atoms with van der Waals surface area (Å²) in [5, 5.41) is 6.85. The lowest BCUT2D eigenvalue weighted by atomic mass is 10.1. The van der Waals surface area contributed by atoms with E-state index in [0.29, 0.717) is 17.3 Å². The normalized spacial score (nSPS) is 11.2. The first kappa shape index (κ1) is 20.2. The number of alkyl halides is 3. The second kappa shape index (κ2) is 8.26. The molecule has 0 atom stereocenters. The first-order chi connectivity index (χ1) is 13.8. The highest BCUT2D eigenvalue weighted by Gasteiger charge is 2.30. The van der Waals surface area contributed by atoms with Crippen LogP contribution in [0.15, 0.2) is 54.7 Å². The first-order valence-electron chi connectivity index (χ1n) is 8.53. The number of anilines is 1. The minimum Gasteiger partial charge on any atom is -0.493 e. The number of carbonyl (C=O) groups excluding carboxylic acids is 1. The summed E-state index contributed by atoms with van der Waals surface area (Å²) in [4.78, 5) is 12.4. The van der Waals surface area contributed by atoms with Gasteiger partial charge >= 0.3 is 6.18 Å². The Morgan fingerprint density at radius 3 is 2.41 bits per heavy atom. The van der Waals surface area contributed by atoms with Crippen LogP contribution in [0.3, 0.4) is 0 Å². The van der Waals surface area contributed by atoms with Gasteiger partial charge in [-0.25, -0.2) is 4.68 Å². The van der Waals surface area contributed by atoms with Gasteiger partial charge in [0, 0.05) is 17.2 Å². The predicted molar refractivity (Wildman–Crippen MR) is 100 cm³/mol. The molecule has 3 rings (SSSR count). The van der Waals surface area contributed by atoms with Crippen molar-refractivity contribution >= 4 is 11.7 Å². The van der Waals surface area contributed by atoms with Crippen LogP contribution in [0.2, 0.25) is 0 Å². The minimum absolute atomic E-state index is 0.102. The SMILES string of the molecule is COc1cccc(Cn2nccc2NC(=O)c2ccc(C(F)(F)F)cc2)c1OC. The van der Waals surface area contributed by atoms with Crippen LogP contribution in [0.25, 0.3) is 0 Å². The highest BCUT2D eigenvalue weighted by atomic mass is 19.4. The third kappa shape index (κ3) is 4.50. The molecule has 0 bridgehead atoms. The lowest BCUT2D eigenvalue weighted by molar-refractivity contribution is -0.137. The molecule has 1 N–H and O–H groups in total. The van der Waals surface area contributed by atoms with Gasteiger partial charge in [0.25, 0.3) is 5.91 Å². The lowest BCUT2D eigenvalue weighted by Crippen LogP contribution is -2.17. The van der Waals surface area contributed by atoms with Crippen molar-refractivity contribution in [1.29, 1.82) is 0 Å². The number of aromatic nitrogens is 2. The number of nitrogens with zero attached hydrogens (tertiary/aromatic N) is 2. The zero-order valence-corrected chi connectivity index (χ0v) is 15.7. The van der Waals surface area contributed by atoms with E-state index in [1.54, 1.807) is 22.9 Å². The van der Waals surface area contributed by atoms with Crippen molar-refractivity contribution in [3.8, 4) is 11.5 Å². The lowest BCUT2D eigenvalue weighted by Gasteiger charge is -2.14. The summed E-state index contributed by atoms with van der Waals surface area (Å²) in [5.41, 5.74) is 0.0644. The van der Waals surface area contributed by atoms with E-state index in [-0.39, 0.29) is 12.1 Å². The molecule has 6 nitrogen and oxygen atoms in total. The van der Waals surface area contributed by atoms with Crippen LogP contribution in [0.5, 0.6) is 11.5 Å². The Morgan fingerprint density at radius 2 is 1.79 bits per heavy atom. The first-order valence-corrected chi connectivity index (χ1v) is 8.53. The van der Waals surface area contributed by atoms with Gasteiger partial charge in [0.05, 0.1) is 32.5 Å². The number of amides is 1. The molecule has 9 heteroatoms. The van der Waals surface area contributed by atoms with Crippen LogP contribution in [0, 0.1) is 0 Å². The number of rotatable bonds is 6. The zero-order valence-electron chi connectivity index (χ0n) is 15.7. The van der Waals surface area contributed by atoms with Gasteiger partial charge in [-0.3, -0.25) is 4.79 Å². The second-order valence-electron chi connectivity index (χ2n) is 6.06. The molecule has 2 aromatic carbocycles. The van der Waals surface area contributed by atoms with E-state index in [4.69, 9.17) is 9.47 Å². The molecule has 0 fully saturated rings. The van der Waals surface area contributed by atoms with E-state index in [1.807, 2.05) is 6.07 Å². The maximum absolute atomic E-state index is 12.7. The summed E-state index contributed by atoms with van der Waals surface area (Å²) < 4.78 is 50.2. The fourth-order valence-corrected chi connectivity index (χ4v) is 2.80. The minimum atomic E-state index is -4.45. The Morgan fingerprint density at radius 1 is 1.07 bits per heavy atom. The molecule has 152 valence electrons. The Hall–Kier alpha value is -3.49. The molecule has 0 aliphatic carbocycles. The smallest absolute Gasteiger partial charge is 0.416 e. The summed E-state index contributed by atoms with van der Waals surface area (Å²) in [7, 11) is 3.06. The van der Waals surface area contributed by atoms with Crippen molar-refractivity contribution < 1.29 is 27.4 Å². The summed E-state index contributed by atoms with van der Waals surface area (Å²) in [5.74, 6) is 0.955. The van der Waals surface area contributed by atoms with Gasteiger partial charge in [0.15, 0.2) is 11.5 Å². The maximum atomic E-state index is 12.7. The molecule has 0 aliphatic heterocycles. The van der Waals surface area contributed by atoms with Crippen LogP contribution in [0.4, 0.5) is 19.0 Å². The molecule has 0 aliphatic rings. The molecule has 0 radical (unpaired) electrons. The van der Waals surface area contributed by atoms with Gasteiger partial charge in [0.1, 0.15) is 5.82 Å². The van der Waals surface area contributed by atoms with Gasteiger partial charge < -0.3 is 14.8 Å². The fourth-order valence-electron chi connectivity index (χ4n) is 2.80. The van der Waals surface area contributed by atoms with Crippen molar-refractivity contribution in [1.82, 2.24) is 9.78 Å². The van der Waals surface area contributed by atoms with Gasteiger partial charge in [-0.05, 0) is 30.3 Å². The number of halogens is 3. The van der Waals surface area contributed by atoms with E-state index >= 15 is 0 Å². The van der Waals surface area contributed by atoms with Crippen LogP contribution < -0.4 is 14.8 Å². The number of methoxy groups -OCH3 is 2. The van der Waals surface area contributed by atoms with Gasteiger partial charge in [-0.1, -0.05) is 12.1 Å². The molecule has 3 aromatic rings. The Labute approximate surface area is 164 Å². The number of carbonyl (C=O) groups is 1. The summed E-state index contributed by atoms with van der Waals surface area (Å²) >= 11 is 0. The molecule has 1 aromatic heterocycles. The molecule has 0 saturated heterocycles. The van der Waals surface area contributed by atoms with Crippen LogP contribution in [-0.2, 0) is 12.7 Å². The van der Waals surface area contributed by atoms with Crippen molar-refractivity contribution in [3.05, 3.63) is 71.4 Å². The van der Waals surface area contributed by atoms with E-state index in [2.05, 4.69) is 10.4 Å². The highest BCUT2D eigenvalue weighted by Crippen LogP contribution is 2.32. The number of para-hydroxylation sites is 1. The quantitative estimate of drug-likeness (QED) is 0.667. The monoisotopic (exact) mass is 405 g/mol. The van der Waals surface area contributed by atoms with E-state index < -0.39 is 17.6 Å². The number of hydrogen-bond acceptors (Lipinski definition) is 4. The maximum Gasteiger partial charge on any atom is 0.416 e. The van der Waals surface area contributed by atoms with Crippen molar-refractivity contribution in [3.63, 3.8) is 0 Å². The van der Waals surface area contributed by atoms with Gasteiger partial charge in [-0.15, -0.1) is 0 Å². The van der Waals surface area contributed by atoms with Crippen molar-refractivity contribution in [2.45, 2.75) is 12.7 Å². The van der Waals surface area contributed by atoms with Crippen molar-refractivity contribution in [2.24, 2.45) is 0 Å². The van der Waals surface area contributed by atoms with Crippen LogP contribution in [0.1, 0.15) is 21.5 Å². The molecule has 0 unspecified atom stereocenters. The number of hydrogen-bond donors (Lipinski definition) is 1. The largest absolute Gasteiger partial charge is 0.493 e. The third-order valence-corrected chi connectivity index (χ3v) is 4.24. The van der Waals surface area contributed by atoms with Gasteiger partial charge in [0.2, 0.25) is 0 Å². The van der Waals surface area contributed by atoms with E-state index in [1.165, 1.54) is 20.4 Å². The topological polar surface area (TPSA) is 65.4 Å². The molecule has 1 heterocycles. The molecular formula is C20H18F3N3O3. The van der Waals surface area contributed by atoms with Crippen molar-refractivity contribution in [2.75, 3.05) is 19.5 Å². The Balaban J connectivity index is 1.78. The van der Waals surface area contributed by atoms with E-state index in [9.17, 15) is 18.0 Å². The number of benzene rings is 2. The Kier molecular flexibility index (Phi) is 5.76. The summed E-state index contributed by atoms with van der Waals surface area (Å²) in [6.07, 6.45) is -2.95. The highest BCUT2D eigenvalue weighted by molar-refractivity contribution is 6.03. The molecule has 0 spiro atoms. The standard InChI is InChI=1S/C20H18F3N3O3/c1-28-16-5-3-4-14(18(16)29-2)12-26-17(10-11-24-26)25-19(27)13-6-8-15(9-7-13)20(21,22)23/h3-11H,12H2,1-2H3,(H,25,27). The fraction of sp³-hybridized carbons (Fsp3) is 0.200. The zero-order chi connectivity index (χ0) is 21.0. The average molecular weight is 405 g/mol. The number of ether oxygens (including phenoxy) is 2. The van der Waals surface area contributed by atoms with Crippen LogP contribution in [-0.4, -0.2) is 29.9 Å². The van der Waals surface area contributed by atoms with Crippen LogP contribution >= 0.6 is 0 Å². The molecule has 29 heavy (non-hydrogen) atoms. The molecule has 1 amide bonds. The molecular weight excluding hydrogens is 387 g/mol. The summed E-state index contributed by atoms with van der Waals surface area (Å²) in [6, 6.07) is 11.0. The second-order valence-corrected chi connectivity index (χ2v) is 6.06. The summed E-state index contributed by atoms with van der Waals surface area (Å²) in [6.45, 7) is 0.288. The third-order valence-electron chi connectivity index (χ3n) is 4.24. The molecule has 0 saturated carbocycles. The predicted octanol–water partition coefficient (Wildman–Crippen LogP) is 4.22. The van der Waals surface area contributed by atoms with E-state index in [0.717, 1.165) is 29.8 Å².